The van der Waals surface area contributed by atoms with E-state index >= 15 is 0 Å². The van der Waals surface area contributed by atoms with E-state index in [1.807, 2.05) is 12.4 Å². The molecule has 1 saturated carbocycles. The second kappa shape index (κ2) is 7.49. The first-order chi connectivity index (χ1) is 9.33. The zero-order chi connectivity index (χ0) is 13.5. The third-order valence-electron chi connectivity index (χ3n) is 4.04. The molecule has 3 heteroatoms. The first kappa shape index (κ1) is 14.3. The quantitative estimate of drug-likeness (QED) is 0.851. The molecule has 19 heavy (non-hydrogen) atoms. The largest absolute Gasteiger partial charge is 0.488 e. The second-order valence-corrected chi connectivity index (χ2v) is 5.44. The summed E-state index contributed by atoms with van der Waals surface area (Å²) in [5.74, 6) is 1.80. The van der Waals surface area contributed by atoms with Crippen molar-refractivity contribution in [3.63, 3.8) is 0 Å². The number of nitrogens with one attached hydrogen (secondary N) is 1. The molecule has 0 radical (unpaired) electrons. The molecule has 3 nitrogen and oxygen atoms in total. The molecule has 0 saturated heterocycles. The second-order valence-electron chi connectivity index (χ2n) is 5.44. The smallest absolute Gasteiger partial charge is 0.142 e. The lowest BCUT2D eigenvalue weighted by Crippen LogP contribution is -2.26. The number of ether oxygens (including phenoxy) is 1. The summed E-state index contributed by atoms with van der Waals surface area (Å²) in [7, 11) is 0. The molecule has 2 rings (SSSR count). The van der Waals surface area contributed by atoms with E-state index in [4.69, 9.17) is 4.74 Å². The van der Waals surface area contributed by atoms with Crippen molar-refractivity contribution in [3.05, 3.63) is 24.0 Å². The maximum absolute atomic E-state index is 6.21. The Labute approximate surface area is 116 Å². The SMILES string of the molecule is CCNCc1ccncc1OC1CCCC(CC)C1. The first-order valence-electron chi connectivity index (χ1n) is 7.63. The lowest BCUT2D eigenvalue weighted by atomic mass is 9.85. The molecule has 1 aliphatic carbocycles. The van der Waals surface area contributed by atoms with Gasteiger partial charge in [0, 0.05) is 18.3 Å². The van der Waals surface area contributed by atoms with Crippen LogP contribution in [0.15, 0.2) is 18.5 Å². The van der Waals surface area contributed by atoms with E-state index in [0.29, 0.717) is 6.10 Å². The summed E-state index contributed by atoms with van der Waals surface area (Å²) in [6.45, 7) is 6.24. The molecule has 2 unspecified atom stereocenters. The van der Waals surface area contributed by atoms with Crippen molar-refractivity contribution in [2.75, 3.05) is 6.54 Å². The van der Waals surface area contributed by atoms with Gasteiger partial charge in [-0.25, -0.2) is 0 Å². The van der Waals surface area contributed by atoms with Gasteiger partial charge in [0.2, 0.25) is 0 Å². The minimum absolute atomic E-state index is 0.378. The predicted octanol–water partition coefficient (Wildman–Crippen LogP) is 3.54. The Morgan fingerprint density at radius 3 is 3.05 bits per heavy atom. The molecule has 0 aromatic carbocycles. The fourth-order valence-corrected chi connectivity index (χ4v) is 2.82. The normalized spacial score (nSPS) is 23.3. The number of hydrogen-bond acceptors (Lipinski definition) is 3. The Kier molecular flexibility index (Phi) is 5.64. The standard InChI is InChI=1S/C16H26N2O/c1-3-13-6-5-7-15(10-13)19-16-12-18-9-8-14(16)11-17-4-2/h8-9,12-13,15,17H,3-7,10-11H2,1-2H3. The lowest BCUT2D eigenvalue weighted by molar-refractivity contribution is 0.120. The molecule has 1 N–H and O–H groups in total. The Morgan fingerprint density at radius 1 is 1.37 bits per heavy atom. The number of pyridine rings is 1. The Hall–Kier alpha value is -1.09. The number of nitrogens with zero attached hydrogens (tertiary/aromatic N) is 1. The van der Waals surface area contributed by atoms with E-state index in [-0.39, 0.29) is 0 Å². The third kappa shape index (κ3) is 4.20. The summed E-state index contributed by atoms with van der Waals surface area (Å²) in [5, 5.41) is 3.35. The highest BCUT2D eigenvalue weighted by Gasteiger charge is 2.22. The molecule has 0 spiro atoms. The van der Waals surface area contributed by atoms with Crippen LogP contribution in [-0.4, -0.2) is 17.6 Å². The summed E-state index contributed by atoms with van der Waals surface area (Å²) in [5.41, 5.74) is 1.22. The zero-order valence-electron chi connectivity index (χ0n) is 12.2. The average Bonchev–Trinajstić information content (AvgIpc) is 2.46. The van der Waals surface area contributed by atoms with Crippen LogP contribution in [0.5, 0.6) is 5.75 Å². The van der Waals surface area contributed by atoms with Gasteiger partial charge in [0.05, 0.1) is 12.3 Å². The van der Waals surface area contributed by atoms with Crippen molar-refractivity contribution >= 4 is 0 Å². The van der Waals surface area contributed by atoms with Crippen molar-refractivity contribution in [2.24, 2.45) is 5.92 Å². The molecule has 2 atom stereocenters. The minimum atomic E-state index is 0.378. The van der Waals surface area contributed by atoms with Crippen LogP contribution >= 0.6 is 0 Å². The van der Waals surface area contributed by atoms with Crippen LogP contribution in [0.1, 0.15) is 51.5 Å². The first-order valence-corrected chi connectivity index (χ1v) is 7.63. The minimum Gasteiger partial charge on any atom is -0.488 e. The monoisotopic (exact) mass is 262 g/mol. The third-order valence-corrected chi connectivity index (χ3v) is 4.04. The number of aromatic nitrogens is 1. The number of hydrogen-bond donors (Lipinski definition) is 1. The summed E-state index contributed by atoms with van der Waals surface area (Å²) in [6, 6.07) is 2.05. The lowest BCUT2D eigenvalue weighted by Gasteiger charge is -2.29. The molecular weight excluding hydrogens is 236 g/mol. The molecule has 1 aliphatic rings. The van der Waals surface area contributed by atoms with Crippen LogP contribution < -0.4 is 10.1 Å². The molecule has 1 aromatic rings. The molecule has 1 fully saturated rings. The summed E-state index contributed by atoms with van der Waals surface area (Å²) < 4.78 is 6.21. The Bertz CT molecular complexity index is 381. The van der Waals surface area contributed by atoms with Crippen molar-refractivity contribution in [2.45, 2.75) is 58.6 Å². The van der Waals surface area contributed by atoms with Gasteiger partial charge in [-0.1, -0.05) is 26.7 Å². The Morgan fingerprint density at radius 2 is 2.26 bits per heavy atom. The fraction of sp³-hybridized carbons (Fsp3) is 0.688. The van der Waals surface area contributed by atoms with Gasteiger partial charge in [0.15, 0.2) is 0 Å². The maximum atomic E-state index is 6.21. The van der Waals surface area contributed by atoms with Gasteiger partial charge < -0.3 is 10.1 Å². The van der Waals surface area contributed by atoms with Crippen LogP contribution in [-0.2, 0) is 6.54 Å². The van der Waals surface area contributed by atoms with Crippen LogP contribution in [0.4, 0.5) is 0 Å². The van der Waals surface area contributed by atoms with E-state index in [2.05, 4.69) is 30.2 Å². The van der Waals surface area contributed by atoms with Gasteiger partial charge in [-0.15, -0.1) is 0 Å². The molecule has 106 valence electrons. The van der Waals surface area contributed by atoms with Crippen molar-refractivity contribution < 1.29 is 4.74 Å². The Balaban J connectivity index is 1.97. The predicted molar refractivity (Wildman–Crippen MR) is 78.3 cm³/mol. The van der Waals surface area contributed by atoms with Crippen LogP contribution in [0.3, 0.4) is 0 Å². The fourth-order valence-electron chi connectivity index (χ4n) is 2.82. The highest BCUT2D eigenvalue weighted by molar-refractivity contribution is 5.29. The van der Waals surface area contributed by atoms with Crippen LogP contribution in [0.2, 0.25) is 0 Å². The zero-order valence-corrected chi connectivity index (χ0v) is 12.2. The van der Waals surface area contributed by atoms with E-state index in [9.17, 15) is 0 Å². The molecular formula is C16H26N2O. The molecule has 0 bridgehead atoms. The van der Waals surface area contributed by atoms with E-state index in [1.165, 1.54) is 37.7 Å². The molecule has 1 heterocycles. The number of rotatable bonds is 6. The van der Waals surface area contributed by atoms with Gasteiger partial charge in [-0.3, -0.25) is 4.98 Å². The van der Waals surface area contributed by atoms with E-state index in [1.54, 1.807) is 0 Å². The molecule has 0 amide bonds. The van der Waals surface area contributed by atoms with Crippen molar-refractivity contribution in [1.82, 2.24) is 10.3 Å². The van der Waals surface area contributed by atoms with Gasteiger partial charge in [-0.2, -0.15) is 0 Å². The highest BCUT2D eigenvalue weighted by Crippen LogP contribution is 2.30. The van der Waals surface area contributed by atoms with Crippen LogP contribution in [0.25, 0.3) is 0 Å². The topological polar surface area (TPSA) is 34.2 Å². The van der Waals surface area contributed by atoms with Gasteiger partial charge in [0.1, 0.15) is 5.75 Å². The van der Waals surface area contributed by atoms with Gasteiger partial charge in [-0.05, 0) is 37.8 Å². The summed E-state index contributed by atoms with van der Waals surface area (Å²) in [4.78, 5) is 4.21. The highest BCUT2D eigenvalue weighted by atomic mass is 16.5. The van der Waals surface area contributed by atoms with Gasteiger partial charge in [0.25, 0.3) is 0 Å². The van der Waals surface area contributed by atoms with Crippen LogP contribution in [0, 0.1) is 5.92 Å². The van der Waals surface area contributed by atoms with E-state index in [0.717, 1.165) is 24.8 Å². The van der Waals surface area contributed by atoms with Gasteiger partial charge >= 0.3 is 0 Å². The summed E-state index contributed by atoms with van der Waals surface area (Å²) in [6.07, 6.45) is 10.4. The maximum Gasteiger partial charge on any atom is 0.142 e. The summed E-state index contributed by atoms with van der Waals surface area (Å²) >= 11 is 0. The van der Waals surface area contributed by atoms with Crippen molar-refractivity contribution in [1.29, 1.82) is 0 Å². The van der Waals surface area contributed by atoms with Crippen molar-refractivity contribution in [3.8, 4) is 5.75 Å². The average molecular weight is 262 g/mol. The molecule has 1 aromatic heterocycles. The molecule has 0 aliphatic heterocycles. The van der Waals surface area contributed by atoms with E-state index < -0.39 is 0 Å².